The topological polar surface area (TPSA) is 110 Å². The average Bonchev–Trinajstić information content (AvgIpc) is 2.97. The highest BCUT2D eigenvalue weighted by molar-refractivity contribution is 9.10. The molecular formula is C33H42BrN4O5+. The summed E-state index contributed by atoms with van der Waals surface area (Å²) in [6.07, 6.45) is 8.82. The third kappa shape index (κ3) is 12.5. The molecule has 0 aliphatic heterocycles. The van der Waals surface area contributed by atoms with E-state index in [1.165, 1.54) is 24.8 Å². The number of nitrogens with zero attached hydrogens (tertiary/aromatic N) is 1. The molecule has 43 heavy (non-hydrogen) atoms. The standard InChI is InChI=1S/C33H41BrN4O5/c1-4-6-7-8-9-25-10-16-30(17-11-25)37-33(41)43-24(3)35-32(40)42-20-18-26-12-14-29(15-13-26)36-31(39)27-21-28(34)23-38(22-27)19-5-2/h10-17,21-24H,4-9,18-20H2,1-3H3,(H2-,35,36,37,39,40,41)/p+1. The third-order valence-electron chi connectivity index (χ3n) is 6.59. The van der Waals surface area contributed by atoms with E-state index in [1.54, 1.807) is 25.1 Å². The molecule has 9 nitrogen and oxygen atoms in total. The van der Waals surface area contributed by atoms with Crippen molar-refractivity contribution in [3.05, 3.63) is 88.2 Å². The number of anilines is 2. The first-order valence-electron chi connectivity index (χ1n) is 14.9. The summed E-state index contributed by atoms with van der Waals surface area (Å²) in [6.45, 7) is 6.78. The van der Waals surface area contributed by atoms with Crippen LogP contribution in [0, 0.1) is 0 Å². The van der Waals surface area contributed by atoms with Gasteiger partial charge in [0.25, 0.3) is 5.91 Å². The van der Waals surface area contributed by atoms with Gasteiger partial charge in [-0.15, -0.1) is 0 Å². The third-order valence-corrected chi connectivity index (χ3v) is 7.03. The minimum Gasteiger partial charge on any atom is -0.449 e. The molecule has 0 saturated heterocycles. The van der Waals surface area contributed by atoms with Gasteiger partial charge in [0.15, 0.2) is 18.6 Å². The lowest BCUT2D eigenvalue weighted by atomic mass is 10.1. The van der Waals surface area contributed by atoms with Gasteiger partial charge in [-0.3, -0.25) is 15.4 Å². The zero-order chi connectivity index (χ0) is 31.0. The number of unbranched alkanes of at least 4 members (excludes halogenated alkanes) is 3. The van der Waals surface area contributed by atoms with Crippen LogP contribution < -0.4 is 20.5 Å². The van der Waals surface area contributed by atoms with E-state index in [2.05, 4.69) is 45.7 Å². The molecule has 1 heterocycles. The Bertz CT molecular complexity index is 1330. The summed E-state index contributed by atoms with van der Waals surface area (Å²) < 4.78 is 13.3. The lowest BCUT2D eigenvalue weighted by Crippen LogP contribution is -2.37. The number of ether oxygens (including phenoxy) is 2. The molecule has 0 spiro atoms. The fourth-order valence-electron chi connectivity index (χ4n) is 4.38. The summed E-state index contributed by atoms with van der Waals surface area (Å²) in [5.41, 5.74) is 4.01. The minimum atomic E-state index is -0.880. The SMILES string of the molecule is CCCCCCc1ccc(NC(=O)OC(C)NC(=O)OCCc2ccc(NC(=O)c3cc(Br)c[n+](CCC)c3)cc2)cc1. The number of nitrogens with one attached hydrogen (secondary N) is 3. The van der Waals surface area contributed by atoms with Crippen molar-refractivity contribution in [3.63, 3.8) is 0 Å². The van der Waals surface area contributed by atoms with E-state index >= 15 is 0 Å². The summed E-state index contributed by atoms with van der Waals surface area (Å²) in [4.78, 5) is 37.1. The second kappa shape index (κ2) is 17.9. The zero-order valence-corrected chi connectivity index (χ0v) is 26.7. The van der Waals surface area contributed by atoms with Gasteiger partial charge in [0.05, 0.1) is 11.1 Å². The molecule has 2 aromatic carbocycles. The van der Waals surface area contributed by atoms with Crippen molar-refractivity contribution in [3.8, 4) is 0 Å². The minimum absolute atomic E-state index is 0.136. The molecule has 1 unspecified atom stereocenters. The van der Waals surface area contributed by atoms with Crippen LogP contribution in [0.5, 0.6) is 0 Å². The second-order valence-electron chi connectivity index (χ2n) is 10.3. The van der Waals surface area contributed by atoms with Crippen LogP contribution >= 0.6 is 15.9 Å². The number of aryl methyl sites for hydroxylation is 2. The van der Waals surface area contributed by atoms with Gasteiger partial charge in [0.2, 0.25) is 0 Å². The molecule has 10 heteroatoms. The van der Waals surface area contributed by atoms with Crippen molar-refractivity contribution < 1.29 is 28.4 Å². The number of carbonyl (C=O) groups excluding carboxylic acids is 3. The number of pyridine rings is 1. The molecule has 0 radical (unpaired) electrons. The molecule has 0 bridgehead atoms. The van der Waals surface area contributed by atoms with Crippen LogP contribution in [0.15, 0.2) is 71.5 Å². The predicted molar refractivity (Wildman–Crippen MR) is 171 cm³/mol. The maximum atomic E-state index is 12.7. The highest BCUT2D eigenvalue weighted by Crippen LogP contribution is 2.15. The molecular weight excluding hydrogens is 612 g/mol. The van der Waals surface area contributed by atoms with Crippen LogP contribution in [0.2, 0.25) is 0 Å². The number of amides is 3. The summed E-state index contributed by atoms with van der Waals surface area (Å²) in [5, 5.41) is 8.06. The molecule has 1 aromatic heterocycles. The molecule has 0 aliphatic carbocycles. The van der Waals surface area contributed by atoms with E-state index in [0.29, 0.717) is 23.4 Å². The Morgan fingerprint density at radius 2 is 1.47 bits per heavy atom. The Kier molecular flexibility index (Phi) is 14.0. The first-order valence-corrected chi connectivity index (χ1v) is 15.6. The Balaban J connectivity index is 1.34. The van der Waals surface area contributed by atoms with Crippen LogP contribution in [0.25, 0.3) is 0 Å². The molecule has 230 valence electrons. The van der Waals surface area contributed by atoms with Crippen LogP contribution in [-0.4, -0.2) is 30.9 Å². The van der Waals surface area contributed by atoms with Gasteiger partial charge >= 0.3 is 12.2 Å². The lowest BCUT2D eigenvalue weighted by Gasteiger charge is -2.15. The lowest BCUT2D eigenvalue weighted by molar-refractivity contribution is -0.697. The van der Waals surface area contributed by atoms with Crippen LogP contribution in [0.1, 0.15) is 74.4 Å². The number of carbonyl (C=O) groups is 3. The first kappa shape index (κ1) is 33.6. The maximum absolute atomic E-state index is 12.7. The number of hydrogen-bond acceptors (Lipinski definition) is 5. The molecule has 0 fully saturated rings. The van der Waals surface area contributed by atoms with Crippen molar-refractivity contribution in [1.29, 1.82) is 0 Å². The van der Waals surface area contributed by atoms with Gasteiger partial charge in [-0.05, 0) is 77.2 Å². The number of aromatic nitrogens is 1. The van der Waals surface area contributed by atoms with Crippen molar-refractivity contribution in [2.45, 2.75) is 78.5 Å². The average molecular weight is 655 g/mol. The van der Waals surface area contributed by atoms with E-state index in [1.807, 2.05) is 53.4 Å². The molecule has 3 aromatic rings. The number of benzene rings is 2. The summed E-state index contributed by atoms with van der Waals surface area (Å²) in [7, 11) is 0. The van der Waals surface area contributed by atoms with Crippen LogP contribution in [-0.2, 0) is 28.9 Å². The van der Waals surface area contributed by atoms with Gasteiger partial charge in [0, 0.05) is 24.2 Å². The van der Waals surface area contributed by atoms with Crippen molar-refractivity contribution in [2.75, 3.05) is 17.2 Å². The Morgan fingerprint density at radius 1 is 0.814 bits per heavy atom. The Labute approximate surface area is 262 Å². The zero-order valence-electron chi connectivity index (χ0n) is 25.2. The largest absolute Gasteiger partial charge is 0.449 e. The first-order chi connectivity index (χ1) is 20.7. The van der Waals surface area contributed by atoms with Crippen molar-refractivity contribution in [2.24, 2.45) is 0 Å². The van der Waals surface area contributed by atoms with Crippen molar-refractivity contribution in [1.82, 2.24) is 5.32 Å². The van der Waals surface area contributed by atoms with Crippen LogP contribution in [0.4, 0.5) is 21.0 Å². The van der Waals surface area contributed by atoms with E-state index in [4.69, 9.17) is 9.47 Å². The van der Waals surface area contributed by atoms with E-state index in [9.17, 15) is 14.4 Å². The maximum Gasteiger partial charge on any atom is 0.413 e. The molecule has 3 rings (SSSR count). The summed E-state index contributed by atoms with van der Waals surface area (Å²) in [6, 6.07) is 16.8. The summed E-state index contributed by atoms with van der Waals surface area (Å²) in [5.74, 6) is -0.199. The molecule has 3 N–H and O–H groups in total. The quantitative estimate of drug-likeness (QED) is 0.0900. The van der Waals surface area contributed by atoms with Gasteiger partial charge in [-0.2, -0.15) is 0 Å². The predicted octanol–water partition coefficient (Wildman–Crippen LogP) is 7.39. The molecule has 0 aliphatic rings. The fourth-order valence-corrected chi connectivity index (χ4v) is 4.89. The monoisotopic (exact) mass is 653 g/mol. The second-order valence-corrected chi connectivity index (χ2v) is 11.3. The molecule has 0 saturated carbocycles. The van der Waals surface area contributed by atoms with Gasteiger partial charge in [-0.25, -0.2) is 14.2 Å². The Hall–Kier alpha value is -3.92. The number of rotatable bonds is 15. The normalized spacial score (nSPS) is 11.3. The molecule has 1 atom stereocenters. The Morgan fingerprint density at radius 3 is 2.12 bits per heavy atom. The van der Waals surface area contributed by atoms with Crippen LogP contribution in [0.3, 0.4) is 0 Å². The smallest absolute Gasteiger partial charge is 0.413 e. The van der Waals surface area contributed by atoms with E-state index < -0.39 is 18.4 Å². The van der Waals surface area contributed by atoms with E-state index in [0.717, 1.165) is 35.8 Å². The van der Waals surface area contributed by atoms with Gasteiger partial charge in [-0.1, -0.05) is 57.4 Å². The highest BCUT2D eigenvalue weighted by Gasteiger charge is 2.15. The fraction of sp³-hybridized carbons (Fsp3) is 0.394. The highest BCUT2D eigenvalue weighted by atomic mass is 79.9. The van der Waals surface area contributed by atoms with Gasteiger partial charge in [0.1, 0.15) is 12.1 Å². The van der Waals surface area contributed by atoms with Crippen molar-refractivity contribution >= 4 is 45.4 Å². The number of alkyl carbamates (subject to hydrolysis) is 1. The van der Waals surface area contributed by atoms with E-state index in [-0.39, 0.29) is 12.5 Å². The molecule has 3 amide bonds. The summed E-state index contributed by atoms with van der Waals surface area (Å²) >= 11 is 3.46. The number of hydrogen-bond donors (Lipinski definition) is 3. The van der Waals surface area contributed by atoms with Gasteiger partial charge < -0.3 is 14.8 Å². The number of halogens is 1.